The van der Waals surface area contributed by atoms with E-state index in [1.54, 1.807) is 0 Å². The minimum absolute atomic E-state index is 0.110. The van der Waals surface area contributed by atoms with E-state index in [1.165, 1.54) is 42.5 Å². The summed E-state index contributed by atoms with van der Waals surface area (Å²) in [5, 5.41) is 2.75. The molecule has 0 aliphatic carbocycles. The van der Waals surface area contributed by atoms with Crippen molar-refractivity contribution < 1.29 is 17.6 Å². The molecule has 1 amide bonds. The third kappa shape index (κ3) is 5.53. The summed E-state index contributed by atoms with van der Waals surface area (Å²) in [4.78, 5) is 14.1. The Balaban J connectivity index is 2.10. The van der Waals surface area contributed by atoms with Crippen LogP contribution in [0.4, 0.5) is 10.1 Å². The Kier molecular flexibility index (Phi) is 6.70. The second-order valence-electron chi connectivity index (χ2n) is 6.03. The van der Waals surface area contributed by atoms with Gasteiger partial charge in [0.25, 0.3) is 15.9 Å². The van der Waals surface area contributed by atoms with Crippen molar-refractivity contribution in [3.63, 3.8) is 0 Å². The number of amides is 1. The second-order valence-corrected chi connectivity index (χ2v) is 7.71. The number of hydrogen-bond donors (Lipinski definition) is 2. The normalized spacial score (nSPS) is 11.4. The lowest BCUT2D eigenvalue weighted by molar-refractivity contribution is 0.0952. The van der Waals surface area contributed by atoms with Crippen LogP contribution in [0.25, 0.3) is 0 Å². The van der Waals surface area contributed by atoms with Crippen molar-refractivity contribution in [3.8, 4) is 0 Å². The van der Waals surface area contributed by atoms with Crippen LogP contribution in [0.3, 0.4) is 0 Å². The first-order chi connectivity index (χ1) is 12.3. The van der Waals surface area contributed by atoms with Gasteiger partial charge in [0.05, 0.1) is 10.6 Å². The van der Waals surface area contributed by atoms with Crippen LogP contribution in [0.2, 0.25) is 0 Å². The molecular weight excluding hydrogens is 357 g/mol. The molecule has 0 unspecified atom stereocenters. The molecule has 0 saturated carbocycles. The minimum atomic E-state index is -4.00. The molecule has 6 nitrogen and oxygen atoms in total. The van der Waals surface area contributed by atoms with Crippen molar-refractivity contribution in [2.75, 3.05) is 31.9 Å². The van der Waals surface area contributed by atoms with E-state index in [-0.39, 0.29) is 22.1 Å². The van der Waals surface area contributed by atoms with Crippen molar-refractivity contribution in [3.05, 3.63) is 59.9 Å². The van der Waals surface area contributed by atoms with E-state index < -0.39 is 15.8 Å². The van der Waals surface area contributed by atoms with Crippen LogP contribution < -0.4 is 10.0 Å². The molecule has 0 saturated heterocycles. The number of hydrogen-bond acceptors (Lipinski definition) is 4. The summed E-state index contributed by atoms with van der Waals surface area (Å²) in [5.41, 5.74) is 0.0808. The lowest BCUT2D eigenvalue weighted by atomic mass is 10.2. The van der Waals surface area contributed by atoms with Crippen LogP contribution in [0.1, 0.15) is 16.8 Å². The molecule has 8 heteroatoms. The van der Waals surface area contributed by atoms with Crippen LogP contribution in [-0.4, -0.2) is 46.4 Å². The number of para-hydroxylation sites is 1. The first-order valence-electron chi connectivity index (χ1n) is 8.10. The molecule has 0 heterocycles. The highest BCUT2D eigenvalue weighted by atomic mass is 32.2. The Morgan fingerprint density at radius 2 is 1.85 bits per heavy atom. The molecule has 2 aromatic carbocycles. The zero-order valence-electron chi connectivity index (χ0n) is 14.7. The average molecular weight is 379 g/mol. The predicted octanol–water partition coefficient (Wildman–Crippen LogP) is 2.31. The molecule has 26 heavy (non-hydrogen) atoms. The van der Waals surface area contributed by atoms with Gasteiger partial charge in [0.1, 0.15) is 5.82 Å². The Hall–Kier alpha value is -2.45. The molecule has 0 bridgehead atoms. The third-order valence-electron chi connectivity index (χ3n) is 3.59. The summed E-state index contributed by atoms with van der Waals surface area (Å²) in [6.45, 7) is 1.32. The maximum Gasteiger partial charge on any atom is 0.262 e. The van der Waals surface area contributed by atoms with E-state index in [1.807, 2.05) is 19.0 Å². The van der Waals surface area contributed by atoms with E-state index in [2.05, 4.69) is 10.0 Å². The Morgan fingerprint density at radius 3 is 2.54 bits per heavy atom. The molecule has 0 aromatic heterocycles. The highest BCUT2D eigenvalue weighted by Crippen LogP contribution is 2.19. The van der Waals surface area contributed by atoms with E-state index >= 15 is 0 Å². The third-order valence-corrected chi connectivity index (χ3v) is 4.96. The van der Waals surface area contributed by atoms with Crippen molar-refractivity contribution in [1.82, 2.24) is 10.2 Å². The van der Waals surface area contributed by atoms with E-state index in [0.29, 0.717) is 6.54 Å². The van der Waals surface area contributed by atoms with Gasteiger partial charge in [-0.15, -0.1) is 0 Å². The standard InChI is InChI=1S/C18H22FN3O3S/c1-22(2)12-6-11-20-18(23)14-7-5-8-15(13-14)26(24,25)21-17-10-4-3-9-16(17)19/h3-5,7-10,13,21H,6,11-12H2,1-2H3,(H,20,23). The van der Waals surface area contributed by atoms with Gasteiger partial charge in [0, 0.05) is 12.1 Å². The lowest BCUT2D eigenvalue weighted by Gasteiger charge is -2.11. The number of sulfonamides is 1. The minimum Gasteiger partial charge on any atom is -0.352 e. The molecule has 2 N–H and O–H groups in total. The summed E-state index contributed by atoms with van der Waals surface area (Å²) in [6.07, 6.45) is 0.783. The van der Waals surface area contributed by atoms with Gasteiger partial charge in [-0.3, -0.25) is 9.52 Å². The fourth-order valence-electron chi connectivity index (χ4n) is 2.25. The van der Waals surface area contributed by atoms with E-state index in [0.717, 1.165) is 19.0 Å². The van der Waals surface area contributed by atoms with Gasteiger partial charge in [-0.1, -0.05) is 18.2 Å². The monoisotopic (exact) mass is 379 g/mol. The van der Waals surface area contributed by atoms with Gasteiger partial charge in [0.15, 0.2) is 0 Å². The number of halogens is 1. The first kappa shape index (κ1) is 19.9. The Labute approximate surface area is 153 Å². The van der Waals surface area contributed by atoms with Gasteiger partial charge in [-0.05, 0) is 57.4 Å². The summed E-state index contributed by atoms with van der Waals surface area (Å²) < 4.78 is 40.8. The Bertz CT molecular complexity index is 869. The number of nitrogens with zero attached hydrogens (tertiary/aromatic N) is 1. The number of carbonyl (C=O) groups is 1. The number of carbonyl (C=O) groups excluding carboxylic acids is 1. The number of anilines is 1. The van der Waals surface area contributed by atoms with Gasteiger partial charge < -0.3 is 10.2 Å². The number of rotatable bonds is 8. The molecule has 0 aliphatic heterocycles. The summed E-state index contributed by atoms with van der Waals surface area (Å²) in [6, 6.07) is 11.1. The lowest BCUT2D eigenvalue weighted by Crippen LogP contribution is -2.27. The van der Waals surface area contributed by atoms with Crippen molar-refractivity contribution in [2.24, 2.45) is 0 Å². The van der Waals surface area contributed by atoms with E-state index in [9.17, 15) is 17.6 Å². The van der Waals surface area contributed by atoms with Crippen LogP contribution in [0, 0.1) is 5.82 Å². The van der Waals surface area contributed by atoms with Crippen LogP contribution >= 0.6 is 0 Å². The summed E-state index contributed by atoms with van der Waals surface area (Å²) in [7, 11) is -0.119. The Morgan fingerprint density at radius 1 is 1.12 bits per heavy atom. The zero-order valence-corrected chi connectivity index (χ0v) is 15.5. The quantitative estimate of drug-likeness (QED) is 0.690. The van der Waals surface area contributed by atoms with Crippen LogP contribution in [0.15, 0.2) is 53.4 Å². The number of nitrogens with one attached hydrogen (secondary N) is 2. The molecule has 0 fully saturated rings. The molecule has 140 valence electrons. The highest BCUT2D eigenvalue weighted by Gasteiger charge is 2.18. The first-order valence-corrected chi connectivity index (χ1v) is 9.58. The maximum absolute atomic E-state index is 13.7. The zero-order chi connectivity index (χ0) is 19.2. The van der Waals surface area contributed by atoms with Crippen molar-refractivity contribution in [1.29, 1.82) is 0 Å². The molecular formula is C18H22FN3O3S. The van der Waals surface area contributed by atoms with Gasteiger partial charge in [0.2, 0.25) is 0 Å². The highest BCUT2D eigenvalue weighted by molar-refractivity contribution is 7.92. The molecule has 2 aromatic rings. The van der Waals surface area contributed by atoms with Crippen molar-refractivity contribution in [2.45, 2.75) is 11.3 Å². The largest absolute Gasteiger partial charge is 0.352 e. The predicted molar refractivity (Wildman–Crippen MR) is 99.2 cm³/mol. The van der Waals surface area contributed by atoms with Gasteiger partial charge in [-0.2, -0.15) is 0 Å². The molecule has 0 atom stereocenters. The molecule has 0 spiro atoms. The van der Waals surface area contributed by atoms with E-state index in [4.69, 9.17) is 0 Å². The maximum atomic E-state index is 13.7. The second kappa shape index (κ2) is 8.77. The fourth-order valence-corrected chi connectivity index (χ4v) is 3.36. The van der Waals surface area contributed by atoms with Gasteiger partial charge >= 0.3 is 0 Å². The SMILES string of the molecule is CN(C)CCCNC(=O)c1cccc(S(=O)(=O)Nc2ccccc2F)c1. The fraction of sp³-hybridized carbons (Fsp3) is 0.278. The number of benzene rings is 2. The average Bonchev–Trinajstić information content (AvgIpc) is 2.60. The summed E-state index contributed by atoms with van der Waals surface area (Å²) in [5.74, 6) is -1.03. The van der Waals surface area contributed by atoms with Crippen molar-refractivity contribution >= 4 is 21.6 Å². The molecule has 0 radical (unpaired) electrons. The van der Waals surface area contributed by atoms with Crippen LogP contribution in [0.5, 0.6) is 0 Å². The topological polar surface area (TPSA) is 78.5 Å². The smallest absolute Gasteiger partial charge is 0.262 e. The van der Waals surface area contributed by atoms with Crippen LogP contribution in [-0.2, 0) is 10.0 Å². The molecule has 0 aliphatic rings. The molecule has 2 rings (SSSR count). The summed E-state index contributed by atoms with van der Waals surface area (Å²) >= 11 is 0. The van der Waals surface area contributed by atoms with Gasteiger partial charge in [-0.25, -0.2) is 12.8 Å².